The zero-order valence-corrected chi connectivity index (χ0v) is 11.5. The number of nitrogens with one attached hydrogen (secondary N) is 2. The van der Waals surface area contributed by atoms with E-state index in [-0.39, 0.29) is 0 Å². The van der Waals surface area contributed by atoms with Crippen LogP contribution in [-0.4, -0.2) is 57.8 Å². The predicted octanol–water partition coefficient (Wildman–Crippen LogP) is -0.250. The van der Waals surface area contributed by atoms with Gasteiger partial charge in [0.15, 0.2) is 0 Å². The summed E-state index contributed by atoms with van der Waals surface area (Å²) in [4.78, 5) is 2.49. The van der Waals surface area contributed by atoms with Crippen LogP contribution in [-0.2, 0) is 10.0 Å². The van der Waals surface area contributed by atoms with Crippen molar-refractivity contribution in [1.29, 1.82) is 0 Å². The maximum Gasteiger partial charge on any atom is 0.208 e. The van der Waals surface area contributed by atoms with Crippen LogP contribution in [0, 0.1) is 0 Å². The predicted molar refractivity (Wildman–Crippen MR) is 68.4 cm³/mol. The van der Waals surface area contributed by atoms with Gasteiger partial charge in [-0.3, -0.25) is 4.90 Å². The summed E-state index contributed by atoms with van der Waals surface area (Å²) in [5.41, 5.74) is 0. The maximum absolute atomic E-state index is 11.0. The first-order valence-electron chi connectivity index (χ1n) is 6.37. The van der Waals surface area contributed by atoms with Gasteiger partial charge >= 0.3 is 0 Å². The van der Waals surface area contributed by atoms with Crippen LogP contribution in [0.25, 0.3) is 0 Å². The second-order valence-electron chi connectivity index (χ2n) is 5.25. The van der Waals surface area contributed by atoms with Crippen LogP contribution in [0.15, 0.2) is 0 Å². The number of piperidine rings is 1. The molecule has 2 aliphatic heterocycles. The molecule has 2 fully saturated rings. The highest BCUT2D eigenvalue weighted by atomic mass is 32.2. The Bertz CT molecular complexity index is 344. The van der Waals surface area contributed by atoms with E-state index >= 15 is 0 Å². The van der Waals surface area contributed by atoms with Crippen molar-refractivity contribution in [2.24, 2.45) is 0 Å². The lowest BCUT2D eigenvalue weighted by atomic mass is 9.97. The zero-order chi connectivity index (χ0) is 12.5. The van der Waals surface area contributed by atoms with E-state index in [1.807, 2.05) is 7.05 Å². The summed E-state index contributed by atoms with van der Waals surface area (Å²) in [5, 5.41) is 3.37. The van der Waals surface area contributed by atoms with Crippen molar-refractivity contribution >= 4 is 10.0 Å². The fourth-order valence-corrected chi connectivity index (χ4v) is 3.70. The molecular formula is C11H23N3O2S. The van der Waals surface area contributed by atoms with Crippen LogP contribution in [0.4, 0.5) is 0 Å². The molecule has 100 valence electrons. The highest BCUT2D eigenvalue weighted by molar-refractivity contribution is 7.88. The van der Waals surface area contributed by atoms with E-state index in [0.29, 0.717) is 24.7 Å². The highest BCUT2D eigenvalue weighted by Crippen LogP contribution is 2.35. The van der Waals surface area contributed by atoms with Gasteiger partial charge in [-0.2, -0.15) is 0 Å². The SMILES string of the molecule is CNC1CC2CCC(C1)N2CCNS(C)(=O)=O. The minimum absolute atomic E-state index is 0.538. The molecule has 0 saturated carbocycles. The van der Waals surface area contributed by atoms with E-state index in [0.717, 1.165) is 6.54 Å². The summed E-state index contributed by atoms with van der Waals surface area (Å²) in [6.45, 7) is 1.38. The van der Waals surface area contributed by atoms with E-state index in [4.69, 9.17) is 0 Å². The third kappa shape index (κ3) is 3.40. The molecule has 0 aromatic rings. The third-order valence-electron chi connectivity index (χ3n) is 4.03. The van der Waals surface area contributed by atoms with E-state index in [9.17, 15) is 8.42 Å². The van der Waals surface area contributed by atoms with Crippen molar-refractivity contribution < 1.29 is 8.42 Å². The van der Waals surface area contributed by atoms with Gasteiger partial charge in [-0.1, -0.05) is 0 Å². The smallest absolute Gasteiger partial charge is 0.208 e. The lowest BCUT2D eigenvalue weighted by Crippen LogP contribution is -2.50. The highest BCUT2D eigenvalue weighted by Gasteiger charge is 2.39. The van der Waals surface area contributed by atoms with Crippen LogP contribution in [0.3, 0.4) is 0 Å². The van der Waals surface area contributed by atoms with Gasteiger partial charge < -0.3 is 5.32 Å². The van der Waals surface area contributed by atoms with Crippen molar-refractivity contribution in [1.82, 2.24) is 14.9 Å². The summed E-state index contributed by atoms with van der Waals surface area (Å²) in [6, 6.07) is 1.94. The van der Waals surface area contributed by atoms with E-state index in [2.05, 4.69) is 14.9 Å². The second-order valence-corrected chi connectivity index (χ2v) is 7.08. The molecule has 6 heteroatoms. The minimum Gasteiger partial charge on any atom is -0.317 e. The molecule has 0 aromatic heterocycles. The van der Waals surface area contributed by atoms with Crippen LogP contribution in [0.2, 0.25) is 0 Å². The Kier molecular flexibility index (Phi) is 4.07. The van der Waals surface area contributed by atoms with E-state index in [1.165, 1.54) is 31.9 Å². The van der Waals surface area contributed by atoms with Crippen LogP contribution >= 0.6 is 0 Å². The molecule has 0 radical (unpaired) electrons. The molecule has 2 rings (SSSR count). The Labute approximate surface area is 104 Å². The molecule has 0 aliphatic carbocycles. The molecule has 0 amide bonds. The normalized spacial score (nSPS) is 34.1. The number of sulfonamides is 1. The van der Waals surface area contributed by atoms with Crippen LogP contribution in [0.5, 0.6) is 0 Å². The summed E-state index contributed by atoms with van der Waals surface area (Å²) in [7, 11) is -1.01. The van der Waals surface area contributed by atoms with Gasteiger partial charge in [0.05, 0.1) is 6.26 Å². The Morgan fingerprint density at radius 2 is 1.82 bits per heavy atom. The van der Waals surface area contributed by atoms with Crippen molar-refractivity contribution in [3.05, 3.63) is 0 Å². The number of rotatable bonds is 5. The number of hydrogen-bond acceptors (Lipinski definition) is 4. The Balaban J connectivity index is 1.83. The molecule has 0 spiro atoms. The van der Waals surface area contributed by atoms with Crippen LogP contribution < -0.4 is 10.0 Å². The average Bonchev–Trinajstić information content (AvgIpc) is 2.49. The molecule has 2 aliphatic rings. The van der Waals surface area contributed by atoms with Crippen molar-refractivity contribution in [2.75, 3.05) is 26.4 Å². The monoisotopic (exact) mass is 261 g/mol. The fraction of sp³-hybridized carbons (Fsp3) is 1.00. The van der Waals surface area contributed by atoms with Gasteiger partial charge in [-0.05, 0) is 32.7 Å². The Hall–Kier alpha value is -0.170. The van der Waals surface area contributed by atoms with Gasteiger partial charge in [-0.15, -0.1) is 0 Å². The van der Waals surface area contributed by atoms with E-state index in [1.54, 1.807) is 0 Å². The molecule has 2 unspecified atom stereocenters. The lowest BCUT2D eigenvalue weighted by molar-refractivity contribution is 0.122. The molecular weight excluding hydrogens is 238 g/mol. The Morgan fingerprint density at radius 3 is 2.29 bits per heavy atom. The largest absolute Gasteiger partial charge is 0.317 e. The van der Waals surface area contributed by atoms with E-state index < -0.39 is 10.0 Å². The standard InChI is InChI=1S/C11H23N3O2S/c1-12-9-7-10-3-4-11(8-9)14(10)6-5-13-17(2,15)16/h9-13H,3-8H2,1-2H3. The molecule has 0 aromatic carbocycles. The number of nitrogens with zero attached hydrogens (tertiary/aromatic N) is 1. The quantitative estimate of drug-likeness (QED) is 0.716. The first kappa shape index (κ1) is 13.3. The molecule has 17 heavy (non-hydrogen) atoms. The van der Waals surface area contributed by atoms with Gasteiger partial charge in [0.25, 0.3) is 0 Å². The first-order valence-corrected chi connectivity index (χ1v) is 8.26. The fourth-order valence-electron chi connectivity index (χ4n) is 3.24. The Morgan fingerprint density at radius 1 is 1.24 bits per heavy atom. The third-order valence-corrected chi connectivity index (χ3v) is 4.76. The summed E-state index contributed by atoms with van der Waals surface area (Å²) >= 11 is 0. The zero-order valence-electron chi connectivity index (χ0n) is 10.6. The van der Waals surface area contributed by atoms with Gasteiger partial charge in [-0.25, -0.2) is 13.1 Å². The number of fused-ring (bicyclic) bond motifs is 2. The summed E-state index contributed by atoms with van der Waals surface area (Å²) in [5.74, 6) is 0. The van der Waals surface area contributed by atoms with Crippen molar-refractivity contribution in [3.63, 3.8) is 0 Å². The number of hydrogen-bond donors (Lipinski definition) is 2. The van der Waals surface area contributed by atoms with Gasteiger partial charge in [0.1, 0.15) is 0 Å². The first-order chi connectivity index (χ1) is 7.99. The van der Waals surface area contributed by atoms with Crippen LogP contribution in [0.1, 0.15) is 25.7 Å². The van der Waals surface area contributed by atoms with Crippen molar-refractivity contribution in [2.45, 2.75) is 43.8 Å². The topological polar surface area (TPSA) is 61.4 Å². The van der Waals surface area contributed by atoms with Gasteiger partial charge in [0, 0.05) is 31.2 Å². The molecule has 2 atom stereocenters. The molecule has 2 heterocycles. The summed E-state index contributed by atoms with van der Waals surface area (Å²) in [6.07, 6.45) is 6.15. The average molecular weight is 261 g/mol. The molecule has 5 nitrogen and oxygen atoms in total. The lowest BCUT2D eigenvalue weighted by Gasteiger charge is -2.38. The molecule has 2 bridgehead atoms. The minimum atomic E-state index is -3.04. The molecule has 2 saturated heterocycles. The summed E-state index contributed by atoms with van der Waals surface area (Å²) < 4.78 is 24.6. The van der Waals surface area contributed by atoms with Gasteiger partial charge in [0.2, 0.25) is 10.0 Å². The maximum atomic E-state index is 11.0. The van der Waals surface area contributed by atoms with Crippen molar-refractivity contribution in [3.8, 4) is 0 Å². The second kappa shape index (κ2) is 5.22. The molecule has 2 N–H and O–H groups in total.